The first-order valence-corrected chi connectivity index (χ1v) is 7.81. The standard InChI is InChI=1S/C17H17BrFN/c18-14-8-12(9-15(19)10-14)11-20-17-7-3-5-13-4-1-2-6-16(13)17/h3,5,7-10,20H,1-2,4,6,11H2. The average molecular weight is 334 g/mol. The zero-order valence-electron chi connectivity index (χ0n) is 11.3. The van der Waals surface area contributed by atoms with Crippen LogP contribution < -0.4 is 5.32 Å². The maximum Gasteiger partial charge on any atom is 0.124 e. The van der Waals surface area contributed by atoms with E-state index in [0.29, 0.717) is 6.54 Å². The lowest BCUT2D eigenvalue weighted by molar-refractivity contribution is 0.625. The number of hydrogen-bond acceptors (Lipinski definition) is 1. The molecule has 0 amide bonds. The summed E-state index contributed by atoms with van der Waals surface area (Å²) in [6, 6.07) is 11.5. The van der Waals surface area contributed by atoms with Crippen LogP contribution in [0.4, 0.5) is 10.1 Å². The Bertz CT molecular complexity index is 604. The Morgan fingerprint density at radius 2 is 1.95 bits per heavy atom. The molecule has 0 unspecified atom stereocenters. The lowest BCUT2D eigenvalue weighted by atomic mass is 9.90. The van der Waals surface area contributed by atoms with Crippen molar-refractivity contribution in [2.24, 2.45) is 0 Å². The number of fused-ring (bicyclic) bond motifs is 1. The summed E-state index contributed by atoms with van der Waals surface area (Å²) in [6.07, 6.45) is 4.87. The van der Waals surface area contributed by atoms with Crippen molar-refractivity contribution in [1.29, 1.82) is 0 Å². The molecule has 0 saturated carbocycles. The summed E-state index contributed by atoms with van der Waals surface area (Å²) in [5.74, 6) is -0.203. The number of hydrogen-bond donors (Lipinski definition) is 1. The highest BCUT2D eigenvalue weighted by molar-refractivity contribution is 9.10. The van der Waals surface area contributed by atoms with Gasteiger partial charge in [-0.25, -0.2) is 4.39 Å². The molecule has 1 N–H and O–H groups in total. The molecule has 0 aliphatic heterocycles. The molecule has 2 aromatic carbocycles. The van der Waals surface area contributed by atoms with Crippen LogP contribution in [0.3, 0.4) is 0 Å². The first kappa shape index (κ1) is 13.6. The Morgan fingerprint density at radius 1 is 1.10 bits per heavy atom. The Kier molecular flexibility index (Phi) is 4.06. The number of nitrogens with one attached hydrogen (secondary N) is 1. The lowest BCUT2D eigenvalue weighted by Crippen LogP contribution is -2.08. The fourth-order valence-corrected chi connectivity index (χ4v) is 3.37. The summed E-state index contributed by atoms with van der Waals surface area (Å²) in [7, 11) is 0. The van der Waals surface area contributed by atoms with Crippen LogP contribution in [0.15, 0.2) is 40.9 Å². The molecule has 0 spiro atoms. The smallest absolute Gasteiger partial charge is 0.124 e. The molecule has 0 heterocycles. The van der Waals surface area contributed by atoms with Crippen LogP contribution in [0.25, 0.3) is 0 Å². The summed E-state index contributed by atoms with van der Waals surface area (Å²) in [5.41, 5.74) is 5.05. The predicted molar refractivity (Wildman–Crippen MR) is 84.5 cm³/mol. The topological polar surface area (TPSA) is 12.0 Å². The van der Waals surface area contributed by atoms with E-state index in [9.17, 15) is 4.39 Å². The largest absolute Gasteiger partial charge is 0.381 e. The molecule has 0 fully saturated rings. The molecule has 0 saturated heterocycles. The van der Waals surface area contributed by atoms with Crippen LogP contribution in [0.2, 0.25) is 0 Å². The second-order valence-corrected chi connectivity index (χ2v) is 6.20. The van der Waals surface area contributed by atoms with Gasteiger partial charge in [-0.05, 0) is 66.6 Å². The number of aryl methyl sites for hydroxylation is 1. The van der Waals surface area contributed by atoms with Crippen LogP contribution in [0.5, 0.6) is 0 Å². The van der Waals surface area contributed by atoms with Crippen molar-refractivity contribution in [3.63, 3.8) is 0 Å². The van der Waals surface area contributed by atoms with Gasteiger partial charge in [0, 0.05) is 16.7 Å². The van der Waals surface area contributed by atoms with Crippen LogP contribution in [-0.2, 0) is 19.4 Å². The number of halogens is 2. The molecule has 3 rings (SSSR count). The van der Waals surface area contributed by atoms with Crippen LogP contribution >= 0.6 is 15.9 Å². The van der Waals surface area contributed by atoms with Gasteiger partial charge in [-0.3, -0.25) is 0 Å². The summed E-state index contributed by atoms with van der Waals surface area (Å²) in [4.78, 5) is 0. The van der Waals surface area contributed by atoms with Gasteiger partial charge >= 0.3 is 0 Å². The second-order valence-electron chi connectivity index (χ2n) is 5.28. The van der Waals surface area contributed by atoms with Crippen molar-refractivity contribution in [1.82, 2.24) is 0 Å². The van der Waals surface area contributed by atoms with Crippen LogP contribution in [-0.4, -0.2) is 0 Å². The van der Waals surface area contributed by atoms with E-state index in [1.165, 1.54) is 42.1 Å². The van der Waals surface area contributed by atoms with Crippen LogP contribution in [0.1, 0.15) is 29.5 Å². The Morgan fingerprint density at radius 3 is 2.80 bits per heavy atom. The maximum absolute atomic E-state index is 13.4. The van der Waals surface area contributed by atoms with E-state index in [2.05, 4.69) is 39.4 Å². The number of benzene rings is 2. The highest BCUT2D eigenvalue weighted by atomic mass is 79.9. The van der Waals surface area contributed by atoms with Crippen molar-refractivity contribution in [3.05, 3.63) is 63.4 Å². The van der Waals surface area contributed by atoms with Gasteiger partial charge in [-0.1, -0.05) is 28.1 Å². The first-order valence-electron chi connectivity index (χ1n) is 7.02. The predicted octanol–water partition coefficient (Wildman–Crippen LogP) is 5.08. The highest BCUT2D eigenvalue weighted by Gasteiger charge is 2.12. The Balaban J connectivity index is 1.78. The Hall–Kier alpha value is -1.35. The molecule has 2 aromatic rings. The second kappa shape index (κ2) is 5.96. The van der Waals surface area contributed by atoms with Gasteiger partial charge in [0.2, 0.25) is 0 Å². The molecular formula is C17H17BrFN. The van der Waals surface area contributed by atoms with E-state index in [-0.39, 0.29) is 5.82 Å². The van der Waals surface area contributed by atoms with Gasteiger partial charge in [-0.2, -0.15) is 0 Å². The molecular weight excluding hydrogens is 317 g/mol. The average Bonchev–Trinajstić information content (AvgIpc) is 2.44. The molecule has 0 bridgehead atoms. The molecule has 3 heteroatoms. The molecule has 0 atom stereocenters. The third-order valence-electron chi connectivity index (χ3n) is 3.80. The van der Waals surface area contributed by atoms with E-state index >= 15 is 0 Å². The minimum Gasteiger partial charge on any atom is -0.381 e. The molecule has 20 heavy (non-hydrogen) atoms. The van der Waals surface area contributed by atoms with Crippen molar-refractivity contribution < 1.29 is 4.39 Å². The van der Waals surface area contributed by atoms with E-state index in [1.54, 1.807) is 6.07 Å². The quantitative estimate of drug-likeness (QED) is 0.825. The van der Waals surface area contributed by atoms with Crippen LogP contribution in [0, 0.1) is 5.82 Å². The highest BCUT2D eigenvalue weighted by Crippen LogP contribution is 2.28. The number of rotatable bonds is 3. The van der Waals surface area contributed by atoms with Gasteiger partial charge in [-0.15, -0.1) is 0 Å². The molecule has 1 nitrogen and oxygen atoms in total. The minimum absolute atomic E-state index is 0.203. The fourth-order valence-electron chi connectivity index (χ4n) is 2.86. The van der Waals surface area contributed by atoms with E-state index < -0.39 is 0 Å². The van der Waals surface area contributed by atoms with E-state index in [1.807, 2.05) is 6.07 Å². The monoisotopic (exact) mass is 333 g/mol. The fraction of sp³-hybridized carbons (Fsp3) is 0.294. The minimum atomic E-state index is -0.203. The zero-order valence-corrected chi connectivity index (χ0v) is 12.8. The van der Waals surface area contributed by atoms with Gasteiger partial charge in [0.05, 0.1) is 0 Å². The number of anilines is 1. The third kappa shape index (κ3) is 3.04. The SMILES string of the molecule is Fc1cc(Br)cc(CNc2cccc3c2CCCC3)c1. The normalized spacial score (nSPS) is 13.9. The van der Waals surface area contributed by atoms with Crippen molar-refractivity contribution in [2.75, 3.05) is 5.32 Å². The molecule has 1 aliphatic rings. The van der Waals surface area contributed by atoms with Crippen molar-refractivity contribution >= 4 is 21.6 Å². The summed E-state index contributed by atoms with van der Waals surface area (Å²) in [6.45, 7) is 0.646. The molecule has 104 valence electrons. The Labute approximate surface area is 127 Å². The van der Waals surface area contributed by atoms with Gasteiger partial charge in [0.1, 0.15) is 5.82 Å². The van der Waals surface area contributed by atoms with Gasteiger partial charge < -0.3 is 5.32 Å². The third-order valence-corrected chi connectivity index (χ3v) is 4.26. The summed E-state index contributed by atoms with van der Waals surface area (Å²) < 4.78 is 14.2. The van der Waals surface area contributed by atoms with E-state index in [0.717, 1.165) is 16.5 Å². The van der Waals surface area contributed by atoms with Gasteiger partial charge in [0.25, 0.3) is 0 Å². The summed E-state index contributed by atoms with van der Waals surface area (Å²) >= 11 is 3.33. The molecule has 0 aromatic heterocycles. The summed E-state index contributed by atoms with van der Waals surface area (Å²) in [5, 5.41) is 3.46. The van der Waals surface area contributed by atoms with Gasteiger partial charge in [0.15, 0.2) is 0 Å². The van der Waals surface area contributed by atoms with Crippen molar-refractivity contribution in [2.45, 2.75) is 32.2 Å². The zero-order chi connectivity index (χ0) is 13.9. The van der Waals surface area contributed by atoms with Crippen molar-refractivity contribution in [3.8, 4) is 0 Å². The van der Waals surface area contributed by atoms with E-state index in [4.69, 9.17) is 0 Å². The maximum atomic E-state index is 13.4. The lowest BCUT2D eigenvalue weighted by Gasteiger charge is -2.20. The molecule has 1 aliphatic carbocycles. The molecule has 0 radical (unpaired) electrons. The first-order chi connectivity index (χ1) is 9.72.